The number of hydrogen-bond acceptors (Lipinski definition) is 4. The maximum Gasteiger partial charge on any atom is 0.143 e. The standard InChI is InChI=1S/C26H28O4/c1-28-24-15-11-22(12-16-24)26(21-9-5-3-6-10-21,30-20-8-4-7-19-27)23-13-17-25(29-2)18-14-23/h3,5-6,9-19H,4,7-8,20H2,1-2H3. The molecule has 156 valence electrons. The molecule has 0 aliphatic rings. The van der Waals surface area contributed by atoms with Crippen molar-refractivity contribution in [3.8, 4) is 11.5 Å². The Kier molecular flexibility index (Phi) is 7.63. The molecule has 0 bridgehead atoms. The van der Waals surface area contributed by atoms with E-state index in [0.29, 0.717) is 13.0 Å². The largest absolute Gasteiger partial charge is 0.497 e. The number of methoxy groups -OCH3 is 2. The molecule has 0 heterocycles. The van der Waals surface area contributed by atoms with Gasteiger partial charge in [-0.15, -0.1) is 0 Å². The van der Waals surface area contributed by atoms with E-state index in [0.717, 1.165) is 47.3 Å². The second-order valence-electron chi connectivity index (χ2n) is 7.02. The van der Waals surface area contributed by atoms with Crippen LogP contribution in [0, 0.1) is 0 Å². The molecule has 4 nitrogen and oxygen atoms in total. The van der Waals surface area contributed by atoms with Crippen LogP contribution in [0.4, 0.5) is 0 Å². The molecule has 0 N–H and O–H groups in total. The summed E-state index contributed by atoms with van der Waals surface area (Å²) in [5.41, 5.74) is 2.27. The van der Waals surface area contributed by atoms with Gasteiger partial charge in [-0.25, -0.2) is 0 Å². The van der Waals surface area contributed by atoms with E-state index in [2.05, 4.69) is 12.1 Å². The fourth-order valence-corrected chi connectivity index (χ4v) is 3.63. The summed E-state index contributed by atoms with van der Waals surface area (Å²) >= 11 is 0. The number of benzene rings is 3. The molecule has 0 aliphatic heterocycles. The van der Waals surface area contributed by atoms with Gasteiger partial charge in [0.1, 0.15) is 23.4 Å². The molecule has 0 aliphatic carbocycles. The third-order valence-electron chi connectivity index (χ3n) is 5.21. The lowest BCUT2D eigenvalue weighted by atomic mass is 9.80. The highest BCUT2D eigenvalue weighted by atomic mass is 16.5. The first-order valence-electron chi connectivity index (χ1n) is 10.2. The summed E-state index contributed by atoms with van der Waals surface area (Å²) in [5.74, 6) is 1.59. The third kappa shape index (κ3) is 4.71. The highest BCUT2D eigenvalue weighted by Crippen LogP contribution is 2.41. The van der Waals surface area contributed by atoms with Gasteiger partial charge in [0.2, 0.25) is 0 Å². The summed E-state index contributed by atoms with van der Waals surface area (Å²) in [6, 6.07) is 26.2. The van der Waals surface area contributed by atoms with Crippen molar-refractivity contribution < 1.29 is 19.0 Å². The minimum Gasteiger partial charge on any atom is -0.497 e. The van der Waals surface area contributed by atoms with Crippen LogP contribution < -0.4 is 9.47 Å². The van der Waals surface area contributed by atoms with Crippen molar-refractivity contribution >= 4 is 6.29 Å². The van der Waals surface area contributed by atoms with Gasteiger partial charge in [-0.1, -0.05) is 54.6 Å². The molecule has 3 rings (SSSR count). The van der Waals surface area contributed by atoms with E-state index < -0.39 is 5.60 Å². The van der Waals surface area contributed by atoms with E-state index in [9.17, 15) is 4.79 Å². The monoisotopic (exact) mass is 404 g/mol. The lowest BCUT2D eigenvalue weighted by molar-refractivity contribution is -0.108. The van der Waals surface area contributed by atoms with Crippen LogP contribution in [0.15, 0.2) is 78.9 Å². The van der Waals surface area contributed by atoms with Crippen molar-refractivity contribution in [2.45, 2.75) is 24.9 Å². The van der Waals surface area contributed by atoms with E-state index in [1.165, 1.54) is 0 Å². The van der Waals surface area contributed by atoms with Gasteiger partial charge >= 0.3 is 0 Å². The topological polar surface area (TPSA) is 44.8 Å². The molecule has 4 heteroatoms. The third-order valence-corrected chi connectivity index (χ3v) is 5.21. The average molecular weight is 405 g/mol. The molecular weight excluding hydrogens is 376 g/mol. The fourth-order valence-electron chi connectivity index (χ4n) is 3.63. The van der Waals surface area contributed by atoms with Crippen LogP contribution in [-0.2, 0) is 15.1 Å². The minimum absolute atomic E-state index is 0.529. The molecular formula is C26H28O4. The van der Waals surface area contributed by atoms with Gasteiger partial charge in [0.05, 0.1) is 14.2 Å². The summed E-state index contributed by atoms with van der Waals surface area (Å²) in [6.07, 6.45) is 3.11. The molecule has 30 heavy (non-hydrogen) atoms. The van der Waals surface area contributed by atoms with Gasteiger partial charge in [0, 0.05) is 13.0 Å². The number of carbonyl (C=O) groups excluding carboxylic acids is 1. The van der Waals surface area contributed by atoms with E-state index in [-0.39, 0.29) is 0 Å². The fraction of sp³-hybridized carbons (Fsp3) is 0.269. The quantitative estimate of drug-likeness (QED) is 0.244. The highest BCUT2D eigenvalue weighted by molar-refractivity contribution is 5.50. The molecule has 0 spiro atoms. The van der Waals surface area contributed by atoms with Crippen molar-refractivity contribution in [2.24, 2.45) is 0 Å². The van der Waals surface area contributed by atoms with Gasteiger partial charge < -0.3 is 19.0 Å². The van der Waals surface area contributed by atoms with E-state index in [1.807, 2.05) is 66.7 Å². The summed E-state index contributed by atoms with van der Waals surface area (Å²) in [4.78, 5) is 10.7. The molecule has 0 fully saturated rings. The maximum absolute atomic E-state index is 10.7. The predicted molar refractivity (Wildman–Crippen MR) is 118 cm³/mol. The molecule has 0 amide bonds. The van der Waals surface area contributed by atoms with Crippen LogP contribution in [0.2, 0.25) is 0 Å². The highest BCUT2D eigenvalue weighted by Gasteiger charge is 2.37. The van der Waals surface area contributed by atoms with Crippen LogP contribution in [-0.4, -0.2) is 27.1 Å². The molecule has 0 radical (unpaired) electrons. The molecule has 3 aromatic rings. The Hall–Kier alpha value is -3.11. The Labute approximate surface area is 178 Å². The maximum atomic E-state index is 10.7. The zero-order valence-electron chi connectivity index (χ0n) is 17.5. The zero-order chi connectivity index (χ0) is 21.2. The Balaban J connectivity index is 2.11. The molecule has 0 atom stereocenters. The van der Waals surface area contributed by atoms with Crippen molar-refractivity contribution in [2.75, 3.05) is 20.8 Å². The summed E-state index contributed by atoms with van der Waals surface area (Å²) < 4.78 is 17.4. The number of hydrogen-bond donors (Lipinski definition) is 0. The van der Waals surface area contributed by atoms with Crippen LogP contribution in [0.5, 0.6) is 11.5 Å². The lowest BCUT2D eigenvalue weighted by Gasteiger charge is -2.36. The van der Waals surface area contributed by atoms with Crippen LogP contribution in [0.25, 0.3) is 0 Å². The number of carbonyl (C=O) groups is 1. The van der Waals surface area contributed by atoms with Crippen LogP contribution in [0.1, 0.15) is 36.0 Å². The van der Waals surface area contributed by atoms with Gasteiger partial charge in [-0.05, 0) is 53.8 Å². The number of unbranched alkanes of at least 4 members (excludes halogenated alkanes) is 2. The predicted octanol–water partition coefficient (Wildman–Crippen LogP) is 5.38. The first kappa shape index (κ1) is 21.6. The number of rotatable bonds is 11. The van der Waals surface area contributed by atoms with Crippen molar-refractivity contribution in [1.29, 1.82) is 0 Å². The van der Waals surface area contributed by atoms with E-state index in [4.69, 9.17) is 14.2 Å². The second-order valence-corrected chi connectivity index (χ2v) is 7.02. The average Bonchev–Trinajstić information content (AvgIpc) is 2.82. The lowest BCUT2D eigenvalue weighted by Crippen LogP contribution is -2.33. The van der Waals surface area contributed by atoms with Gasteiger partial charge in [0.25, 0.3) is 0 Å². The van der Waals surface area contributed by atoms with E-state index >= 15 is 0 Å². The summed E-state index contributed by atoms with van der Waals surface area (Å²) in [5, 5.41) is 0. The van der Waals surface area contributed by atoms with Crippen LogP contribution in [0.3, 0.4) is 0 Å². The first-order valence-corrected chi connectivity index (χ1v) is 10.2. The molecule has 0 unspecified atom stereocenters. The Morgan fingerprint density at radius 1 is 0.700 bits per heavy atom. The molecule has 0 saturated carbocycles. The second kappa shape index (κ2) is 10.6. The SMILES string of the molecule is COc1ccc(C(OCCCCC=O)(c2ccccc2)c2ccc(OC)cc2)cc1. The van der Waals surface area contributed by atoms with Gasteiger partial charge in [-0.2, -0.15) is 0 Å². The van der Waals surface area contributed by atoms with Gasteiger partial charge in [-0.3, -0.25) is 0 Å². The Bertz CT molecular complexity index is 855. The Morgan fingerprint density at radius 3 is 1.67 bits per heavy atom. The van der Waals surface area contributed by atoms with Crippen molar-refractivity contribution in [3.63, 3.8) is 0 Å². The van der Waals surface area contributed by atoms with E-state index in [1.54, 1.807) is 14.2 Å². The summed E-state index contributed by atoms with van der Waals surface area (Å²) in [6.45, 7) is 0.529. The summed E-state index contributed by atoms with van der Waals surface area (Å²) in [7, 11) is 3.32. The zero-order valence-corrected chi connectivity index (χ0v) is 17.5. The van der Waals surface area contributed by atoms with Gasteiger partial charge in [0.15, 0.2) is 0 Å². The molecule has 0 saturated heterocycles. The first-order chi connectivity index (χ1) is 14.7. The number of ether oxygens (including phenoxy) is 3. The Morgan fingerprint density at radius 2 is 1.20 bits per heavy atom. The van der Waals surface area contributed by atoms with Crippen molar-refractivity contribution in [3.05, 3.63) is 95.6 Å². The smallest absolute Gasteiger partial charge is 0.143 e. The molecule has 0 aromatic heterocycles. The minimum atomic E-state index is -0.791. The number of aldehydes is 1. The normalized spacial score (nSPS) is 11.1. The van der Waals surface area contributed by atoms with Crippen molar-refractivity contribution in [1.82, 2.24) is 0 Å². The van der Waals surface area contributed by atoms with Crippen LogP contribution >= 0.6 is 0 Å². The molecule has 3 aromatic carbocycles.